The minimum atomic E-state index is -0.857. The topological polar surface area (TPSA) is 67.8 Å². The van der Waals surface area contributed by atoms with E-state index in [1.807, 2.05) is 0 Å². The lowest BCUT2D eigenvalue weighted by molar-refractivity contribution is -0.119. The van der Waals surface area contributed by atoms with Gasteiger partial charge < -0.3 is 19.9 Å². The molecule has 8 heteroatoms. The van der Waals surface area contributed by atoms with Crippen LogP contribution in [0.15, 0.2) is 36.4 Å². The van der Waals surface area contributed by atoms with Gasteiger partial charge in [0.05, 0.1) is 24.8 Å². The van der Waals surface area contributed by atoms with E-state index in [9.17, 15) is 14.3 Å². The highest BCUT2D eigenvalue weighted by atomic mass is 35.5. The molecule has 26 heavy (non-hydrogen) atoms. The molecule has 0 radical (unpaired) electrons. The highest BCUT2D eigenvalue weighted by Gasteiger charge is 2.20. The molecular weight excluding hydrogens is 384 g/mol. The third kappa shape index (κ3) is 5.24. The number of methoxy groups -OCH3 is 1. The van der Waals surface area contributed by atoms with Gasteiger partial charge in [0.2, 0.25) is 5.91 Å². The molecule has 2 aromatic carbocycles. The quantitative estimate of drug-likeness (QED) is 0.664. The van der Waals surface area contributed by atoms with E-state index in [1.54, 1.807) is 31.4 Å². The van der Waals surface area contributed by atoms with Crippen LogP contribution in [-0.4, -0.2) is 30.6 Å². The first-order chi connectivity index (χ1) is 12.5. The summed E-state index contributed by atoms with van der Waals surface area (Å²) in [4.78, 5) is 11.6. The molecule has 0 fully saturated rings. The number of carbonyl (C=O) groups is 1. The number of aliphatic hydroxyl groups is 1. The van der Waals surface area contributed by atoms with Crippen LogP contribution >= 0.6 is 23.2 Å². The second-order valence-electron chi connectivity index (χ2n) is 5.36. The summed E-state index contributed by atoms with van der Waals surface area (Å²) >= 11 is 11.6. The summed E-state index contributed by atoms with van der Waals surface area (Å²) in [6.07, 6.45) is 0. The van der Waals surface area contributed by atoms with E-state index < -0.39 is 24.4 Å². The van der Waals surface area contributed by atoms with Gasteiger partial charge in [0.1, 0.15) is 29.8 Å². The van der Waals surface area contributed by atoms with Crippen LogP contribution < -0.4 is 14.8 Å². The van der Waals surface area contributed by atoms with Gasteiger partial charge in [0.25, 0.3) is 0 Å². The molecule has 0 bridgehead atoms. The predicted molar refractivity (Wildman–Crippen MR) is 97.4 cm³/mol. The van der Waals surface area contributed by atoms with Gasteiger partial charge in [0.15, 0.2) is 0 Å². The zero-order valence-electron chi connectivity index (χ0n) is 14.0. The van der Waals surface area contributed by atoms with Crippen LogP contribution in [0.5, 0.6) is 11.5 Å². The Labute approximate surface area is 160 Å². The zero-order chi connectivity index (χ0) is 19.1. The van der Waals surface area contributed by atoms with E-state index in [4.69, 9.17) is 32.7 Å². The van der Waals surface area contributed by atoms with Crippen LogP contribution in [0.25, 0.3) is 0 Å². The monoisotopic (exact) mass is 401 g/mol. The van der Waals surface area contributed by atoms with Crippen molar-refractivity contribution in [3.8, 4) is 11.5 Å². The molecule has 0 aliphatic heterocycles. The number of rotatable bonds is 8. The van der Waals surface area contributed by atoms with Crippen molar-refractivity contribution in [2.24, 2.45) is 0 Å². The first kappa shape index (κ1) is 20.3. The molecule has 0 aliphatic carbocycles. The molecule has 1 unspecified atom stereocenters. The van der Waals surface area contributed by atoms with E-state index in [-0.39, 0.29) is 17.5 Å². The van der Waals surface area contributed by atoms with Crippen LogP contribution in [0, 0.1) is 5.82 Å². The Morgan fingerprint density at radius 1 is 1.27 bits per heavy atom. The molecule has 2 N–H and O–H groups in total. The minimum Gasteiger partial charge on any atom is -0.497 e. The highest BCUT2D eigenvalue weighted by Crippen LogP contribution is 2.29. The standard InChI is InChI=1S/C18H18Cl2FNO4/c1-25-12-2-4-13(5-3-12)26-10-15-14(6-11(21)7-16(15)20)17(9-23)22-18(24)8-19/h2-7,17,23H,8-10H2,1H3,(H,22,24). The minimum absolute atomic E-state index is 0.0218. The van der Waals surface area contributed by atoms with Gasteiger partial charge >= 0.3 is 0 Å². The van der Waals surface area contributed by atoms with Crippen LogP contribution in [0.4, 0.5) is 4.39 Å². The lowest BCUT2D eigenvalue weighted by atomic mass is 10.0. The van der Waals surface area contributed by atoms with Crippen molar-refractivity contribution >= 4 is 29.1 Å². The SMILES string of the molecule is COc1ccc(OCc2c(Cl)cc(F)cc2C(CO)NC(=O)CCl)cc1. The maximum atomic E-state index is 13.8. The molecule has 1 amide bonds. The Morgan fingerprint density at radius 3 is 2.50 bits per heavy atom. The fourth-order valence-electron chi connectivity index (χ4n) is 2.37. The summed E-state index contributed by atoms with van der Waals surface area (Å²) < 4.78 is 24.6. The van der Waals surface area contributed by atoms with Crippen LogP contribution in [0.2, 0.25) is 5.02 Å². The van der Waals surface area contributed by atoms with E-state index in [0.717, 1.165) is 6.07 Å². The third-order valence-corrected chi connectivity index (χ3v) is 4.23. The van der Waals surface area contributed by atoms with E-state index in [1.165, 1.54) is 6.07 Å². The third-order valence-electron chi connectivity index (χ3n) is 3.65. The normalized spacial score (nSPS) is 11.7. The zero-order valence-corrected chi connectivity index (χ0v) is 15.5. The van der Waals surface area contributed by atoms with Crippen molar-refractivity contribution < 1.29 is 23.8 Å². The lowest BCUT2D eigenvalue weighted by Gasteiger charge is -2.21. The summed E-state index contributed by atoms with van der Waals surface area (Å²) in [6.45, 7) is -0.425. The number of hydrogen-bond donors (Lipinski definition) is 2. The van der Waals surface area contributed by atoms with Crippen LogP contribution in [0.1, 0.15) is 17.2 Å². The Kier molecular flexibility index (Phi) is 7.50. The molecule has 0 saturated carbocycles. The summed E-state index contributed by atoms with van der Waals surface area (Å²) in [6, 6.07) is 8.40. The van der Waals surface area contributed by atoms with Crippen LogP contribution in [0.3, 0.4) is 0 Å². The number of benzene rings is 2. The number of amides is 1. The number of nitrogens with one attached hydrogen (secondary N) is 1. The molecule has 1 atom stereocenters. The molecule has 2 aromatic rings. The average Bonchev–Trinajstić information content (AvgIpc) is 2.65. The summed E-state index contributed by atoms with van der Waals surface area (Å²) in [7, 11) is 1.56. The molecule has 0 aromatic heterocycles. The molecule has 0 saturated heterocycles. The van der Waals surface area contributed by atoms with E-state index in [2.05, 4.69) is 5.32 Å². The van der Waals surface area contributed by atoms with Crippen LogP contribution in [-0.2, 0) is 11.4 Å². The number of ether oxygens (including phenoxy) is 2. The van der Waals surface area contributed by atoms with Gasteiger partial charge in [-0.3, -0.25) is 4.79 Å². The van der Waals surface area contributed by atoms with Crippen molar-refractivity contribution in [3.05, 3.63) is 58.4 Å². The number of hydrogen-bond acceptors (Lipinski definition) is 4. The Bertz CT molecular complexity index is 756. The Hall–Kier alpha value is -2.02. The molecule has 0 heterocycles. The molecule has 140 valence electrons. The average molecular weight is 402 g/mol. The number of aliphatic hydroxyl groups excluding tert-OH is 1. The number of alkyl halides is 1. The van der Waals surface area contributed by atoms with Crippen molar-refractivity contribution in [2.75, 3.05) is 19.6 Å². The maximum absolute atomic E-state index is 13.8. The van der Waals surface area contributed by atoms with E-state index in [0.29, 0.717) is 22.6 Å². The lowest BCUT2D eigenvalue weighted by Crippen LogP contribution is -2.32. The number of halogens is 3. The summed E-state index contributed by atoms with van der Waals surface area (Å²) in [5.74, 6) is -0.119. The molecule has 0 spiro atoms. The molecule has 5 nitrogen and oxygen atoms in total. The van der Waals surface area contributed by atoms with Crippen molar-refractivity contribution in [1.29, 1.82) is 0 Å². The molecular formula is C18H18Cl2FNO4. The summed E-state index contributed by atoms with van der Waals surface area (Å²) in [5, 5.41) is 12.2. The summed E-state index contributed by atoms with van der Waals surface area (Å²) in [5.41, 5.74) is 0.780. The number of carbonyl (C=O) groups excluding carboxylic acids is 1. The van der Waals surface area contributed by atoms with Gasteiger partial charge in [0, 0.05) is 5.56 Å². The van der Waals surface area contributed by atoms with Gasteiger partial charge in [-0.05, 0) is 42.0 Å². The highest BCUT2D eigenvalue weighted by molar-refractivity contribution is 6.31. The molecule has 2 rings (SSSR count). The smallest absolute Gasteiger partial charge is 0.235 e. The largest absolute Gasteiger partial charge is 0.497 e. The van der Waals surface area contributed by atoms with Gasteiger partial charge in [-0.25, -0.2) is 4.39 Å². The van der Waals surface area contributed by atoms with Crippen molar-refractivity contribution in [2.45, 2.75) is 12.6 Å². The van der Waals surface area contributed by atoms with E-state index >= 15 is 0 Å². The second-order valence-corrected chi connectivity index (χ2v) is 6.03. The Morgan fingerprint density at radius 2 is 1.92 bits per heavy atom. The Balaban J connectivity index is 2.26. The predicted octanol–water partition coefficient (Wildman–Crippen LogP) is 3.46. The van der Waals surface area contributed by atoms with Gasteiger partial charge in [-0.1, -0.05) is 11.6 Å². The first-order valence-electron chi connectivity index (χ1n) is 7.69. The van der Waals surface area contributed by atoms with Crippen molar-refractivity contribution in [1.82, 2.24) is 5.32 Å². The van der Waals surface area contributed by atoms with Crippen molar-refractivity contribution in [3.63, 3.8) is 0 Å². The fourth-order valence-corrected chi connectivity index (χ4v) is 2.71. The first-order valence-corrected chi connectivity index (χ1v) is 8.60. The fraction of sp³-hybridized carbons (Fsp3) is 0.278. The second kappa shape index (κ2) is 9.62. The molecule has 0 aliphatic rings. The maximum Gasteiger partial charge on any atom is 0.235 e. The van der Waals surface area contributed by atoms with Gasteiger partial charge in [-0.15, -0.1) is 11.6 Å². The van der Waals surface area contributed by atoms with Gasteiger partial charge in [-0.2, -0.15) is 0 Å².